The molecule has 0 saturated carbocycles. The number of halogens is 3. The summed E-state index contributed by atoms with van der Waals surface area (Å²) in [6.45, 7) is 1.24. The quantitative estimate of drug-likeness (QED) is 0.426. The van der Waals surface area contributed by atoms with Crippen LogP contribution in [-0.4, -0.2) is 23.9 Å². The summed E-state index contributed by atoms with van der Waals surface area (Å²) >= 11 is 1.28. The van der Waals surface area contributed by atoms with E-state index in [9.17, 15) is 27.6 Å². The number of benzene rings is 2. The van der Waals surface area contributed by atoms with Gasteiger partial charge in [-0.3, -0.25) is 9.59 Å². The maximum absolute atomic E-state index is 13.7. The average Bonchev–Trinajstić information content (AvgIpc) is 3.29. The van der Waals surface area contributed by atoms with E-state index in [1.54, 1.807) is 17.5 Å². The number of esters is 1. The number of nitrogens with one attached hydrogen (secondary N) is 2. The zero-order chi connectivity index (χ0) is 22.5. The number of carbonyl (C=O) groups excluding carboxylic acids is 3. The Labute approximate surface area is 178 Å². The van der Waals surface area contributed by atoms with E-state index in [2.05, 4.69) is 5.32 Å². The molecule has 0 aliphatic heterocycles. The van der Waals surface area contributed by atoms with Crippen molar-refractivity contribution < 1.29 is 32.3 Å². The van der Waals surface area contributed by atoms with Gasteiger partial charge in [-0.05, 0) is 54.8 Å². The second-order valence-corrected chi connectivity index (χ2v) is 7.22. The highest BCUT2D eigenvalue weighted by Crippen LogP contribution is 2.20. The van der Waals surface area contributed by atoms with Crippen molar-refractivity contribution >= 4 is 40.5 Å². The van der Waals surface area contributed by atoms with Crippen LogP contribution in [0.2, 0.25) is 0 Å². The van der Waals surface area contributed by atoms with Gasteiger partial charge in [-0.1, -0.05) is 6.07 Å². The lowest BCUT2D eigenvalue weighted by atomic mass is 10.2. The molecule has 3 aromatic rings. The van der Waals surface area contributed by atoms with Crippen molar-refractivity contribution in [3.05, 3.63) is 81.8 Å². The number of thiophene rings is 1. The smallest absolute Gasteiger partial charge is 0.338 e. The molecule has 0 aliphatic carbocycles. The second-order valence-electron chi connectivity index (χ2n) is 6.27. The van der Waals surface area contributed by atoms with E-state index in [4.69, 9.17) is 4.74 Å². The third-order valence-electron chi connectivity index (χ3n) is 4.07. The van der Waals surface area contributed by atoms with Crippen molar-refractivity contribution in [3.63, 3.8) is 0 Å². The van der Waals surface area contributed by atoms with Crippen LogP contribution in [0.4, 0.5) is 24.5 Å². The van der Waals surface area contributed by atoms with Crippen molar-refractivity contribution in [1.29, 1.82) is 0 Å². The molecule has 2 amide bonds. The van der Waals surface area contributed by atoms with Crippen molar-refractivity contribution in [1.82, 2.24) is 0 Å². The maximum atomic E-state index is 13.7. The average molecular weight is 448 g/mol. The molecule has 31 heavy (non-hydrogen) atoms. The van der Waals surface area contributed by atoms with Gasteiger partial charge in [-0.15, -0.1) is 11.3 Å². The molecule has 3 rings (SSSR count). The predicted molar refractivity (Wildman–Crippen MR) is 109 cm³/mol. The van der Waals surface area contributed by atoms with Crippen LogP contribution in [0.3, 0.4) is 0 Å². The normalized spacial score (nSPS) is 11.5. The Morgan fingerprint density at radius 3 is 2.29 bits per heavy atom. The van der Waals surface area contributed by atoms with Crippen LogP contribution in [0.5, 0.6) is 0 Å². The summed E-state index contributed by atoms with van der Waals surface area (Å²) in [6.07, 6.45) is -1.35. The third-order valence-corrected chi connectivity index (χ3v) is 4.94. The lowest BCUT2D eigenvalue weighted by Gasteiger charge is -2.14. The fourth-order valence-corrected chi connectivity index (χ4v) is 3.05. The molecule has 0 saturated heterocycles. The summed E-state index contributed by atoms with van der Waals surface area (Å²) in [6, 6.07) is 10.7. The van der Waals surface area contributed by atoms with Gasteiger partial charge in [-0.25, -0.2) is 18.0 Å². The summed E-state index contributed by atoms with van der Waals surface area (Å²) in [5.74, 6) is -6.76. The lowest BCUT2D eigenvalue weighted by molar-refractivity contribution is -0.123. The van der Waals surface area contributed by atoms with Crippen LogP contribution in [-0.2, 0) is 9.53 Å². The number of ether oxygens (including phenoxy) is 1. The maximum Gasteiger partial charge on any atom is 0.338 e. The number of hydrogen-bond acceptors (Lipinski definition) is 5. The number of anilines is 2. The number of rotatable bonds is 6. The predicted octanol–water partition coefficient (Wildman–Crippen LogP) is 4.60. The van der Waals surface area contributed by atoms with Gasteiger partial charge in [-0.2, -0.15) is 0 Å². The molecule has 1 atom stereocenters. The first kappa shape index (κ1) is 22.0. The second kappa shape index (κ2) is 9.43. The Kier molecular flexibility index (Phi) is 6.71. The van der Waals surface area contributed by atoms with Gasteiger partial charge in [0.15, 0.2) is 23.6 Å². The first-order valence-electron chi connectivity index (χ1n) is 8.86. The Morgan fingerprint density at radius 2 is 1.65 bits per heavy atom. The first-order valence-corrected chi connectivity index (χ1v) is 9.74. The molecule has 0 aliphatic rings. The molecular formula is C21H15F3N2O4S. The Balaban J connectivity index is 1.58. The summed E-state index contributed by atoms with van der Waals surface area (Å²) in [5.41, 5.74) is -0.0278. The fourth-order valence-electron chi connectivity index (χ4n) is 2.43. The van der Waals surface area contributed by atoms with E-state index in [1.807, 2.05) is 5.32 Å². The summed E-state index contributed by atoms with van der Waals surface area (Å²) in [7, 11) is 0. The van der Waals surface area contributed by atoms with E-state index in [1.165, 1.54) is 42.5 Å². The topological polar surface area (TPSA) is 84.5 Å². The minimum Gasteiger partial charge on any atom is -0.449 e. The summed E-state index contributed by atoms with van der Waals surface area (Å²) < 4.78 is 44.9. The van der Waals surface area contributed by atoms with E-state index in [0.717, 1.165) is 6.07 Å². The van der Waals surface area contributed by atoms with Crippen LogP contribution < -0.4 is 10.6 Å². The van der Waals surface area contributed by atoms with Gasteiger partial charge in [0.1, 0.15) is 0 Å². The zero-order valence-corrected chi connectivity index (χ0v) is 16.8. The standard InChI is InChI=1S/C21H15F3N2O4S/c1-11(19(27)26-15-9-8-14(22)17(23)18(15)24)30-21(29)12-4-6-13(7-5-12)25-20(28)16-3-2-10-31-16/h2-11H,1H3,(H,25,28)(H,26,27). The highest BCUT2D eigenvalue weighted by molar-refractivity contribution is 7.12. The highest BCUT2D eigenvalue weighted by Gasteiger charge is 2.22. The summed E-state index contributed by atoms with van der Waals surface area (Å²) in [4.78, 5) is 36.9. The van der Waals surface area contributed by atoms with Gasteiger partial charge < -0.3 is 15.4 Å². The zero-order valence-electron chi connectivity index (χ0n) is 15.9. The third kappa shape index (κ3) is 5.28. The molecule has 1 heterocycles. The van der Waals surface area contributed by atoms with Crippen LogP contribution in [0.25, 0.3) is 0 Å². The van der Waals surface area contributed by atoms with E-state index < -0.39 is 41.1 Å². The largest absolute Gasteiger partial charge is 0.449 e. The lowest BCUT2D eigenvalue weighted by Crippen LogP contribution is -2.30. The Morgan fingerprint density at radius 1 is 0.935 bits per heavy atom. The van der Waals surface area contributed by atoms with E-state index in [0.29, 0.717) is 16.6 Å². The highest BCUT2D eigenvalue weighted by atomic mass is 32.1. The molecule has 160 valence electrons. The first-order chi connectivity index (χ1) is 14.8. The molecular weight excluding hydrogens is 433 g/mol. The number of amides is 2. The Bertz CT molecular complexity index is 1120. The number of hydrogen-bond donors (Lipinski definition) is 2. The van der Waals surface area contributed by atoms with Crippen molar-refractivity contribution in [2.45, 2.75) is 13.0 Å². The van der Waals surface area contributed by atoms with Gasteiger partial charge >= 0.3 is 5.97 Å². The SMILES string of the molecule is CC(OC(=O)c1ccc(NC(=O)c2cccs2)cc1)C(=O)Nc1ccc(F)c(F)c1F. The molecule has 6 nitrogen and oxygen atoms in total. The number of carbonyl (C=O) groups is 3. The van der Waals surface area contributed by atoms with Crippen molar-refractivity contribution in [2.75, 3.05) is 10.6 Å². The van der Waals surface area contributed by atoms with Crippen molar-refractivity contribution in [2.24, 2.45) is 0 Å². The van der Waals surface area contributed by atoms with Crippen molar-refractivity contribution in [3.8, 4) is 0 Å². The van der Waals surface area contributed by atoms with Gasteiger partial charge in [0.05, 0.1) is 16.1 Å². The van der Waals surface area contributed by atoms with E-state index in [-0.39, 0.29) is 11.5 Å². The van der Waals surface area contributed by atoms with Crippen LogP contribution in [0, 0.1) is 17.5 Å². The molecule has 10 heteroatoms. The molecule has 2 N–H and O–H groups in total. The summed E-state index contributed by atoms with van der Waals surface area (Å²) in [5, 5.41) is 6.48. The molecule has 1 unspecified atom stereocenters. The Hall–Kier alpha value is -3.66. The minimum atomic E-state index is -1.73. The van der Waals surface area contributed by atoms with Gasteiger partial charge in [0, 0.05) is 5.69 Å². The van der Waals surface area contributed by atoms with Gasteiger partial charge in [0.2, 0.25) is 0 Å². The fraction of sp³-hybridized carbons (Fsp3) is 0.0952. The van der Waals surface area contributed by atoms with Crippen LogP contribution >= 0.6 is 11.3 Å². The molecule has 2 aromatic carbocycles. The molecule has 0 bridgehead atoms. The monoisotopic (exact) mass is 448 g/mol. The molecule has 0 radical (unpaired) electrons. The van der Waals surface area contributed by atoms with Crippen LogP contribution in [0.1, 0.15) is 27.0 Å². The van der Waals surface area contributed by atoms with Crippen LogP contribution in [0.15, 0.2) is 53.9 Å². The van der Waals surface area contributed by atoms with E-state index >= 15 is 0 Å². The molecule has 1 aromatic heterocycles. The minimum absolute atomic E-state index is 0.104. The molecule has 0 spiro atoms. The van der Waals surface area contributed by atoms with Gasteiger partial charge in [0.25, 0.3) is 11.8 Å². The molecule has 0 fully saturated rings.